The van der Waals surface area contributed by atoms with E-state index < -0.39 is 0 Å². The molecule has 0 bridgehead atoms. The molecule has 0 aliphatic carbocycles. The lowest BCUT2D eigenvalue weighted by atomic mass is 10.1. The number of rotatable bonds is 5. The number of nitrogens with zero attached hydrogens (tertiary/aromatic N) is 4. The van der Waals surface area contributed by atoms with Crippen LogP contribution in [-0.2, 0) is 6.54 Å². The standard InChI is InChI=1S/C21H26N4O2/c26-25(27)20-9-8-19(16-21(20)24-10-4-5-11-24)23-14-12-22(13-15-23)17-18-6-2-1-3-7-18/h1-3,6-9,16H,4-5,10-15,17H2. The molecule has 2 saturated heterocycles. The molecule has 0 spiro atoms. The van der Waals surface area contributed by atoms with Gasteiger partial charge in [-0.1, -0.05) is 30.3 Å². The van der Waals surface area contributed by atoms with Crippen LogP contribution in [0, 0.1) is 10.1 Å². The van der Waals surface area contributed by atoms with E-state index in [-0.39, 0.29) is 10.6 Å². The largest absolute Gasteiger partial charge is 0.369 e. The van der Waals surface area contributed by atoms with E-state index >= 15 is 0 Å². The quantitative estimate of drug-likeness (QED) is 0.599. The summed E-state index contributed by atoms with van der Waals surface area (Å²) in [5.41, 5.74) is 3.45. The molecule has 0 saturated carbocycles. The number of nitro benzene ring substituents is 1. The van der Waals surface area contributed by atoms with E-state index in [1.165, 1.54) is 5.56 Å². The Bertz CT molecular complexity index is 782. The summed E-state index contributed by atoms with van der Waals surface area (Å²) in [4.78, 5) is 18.2. The van der Waals surface area contributed by atoms with Crippen molar-refractivity contribution in [3.05, 3.63) is 64.2 Å². The molecule has 0 aromatic heterocycles. The molecule has 2 fully saturated rings. The lowest BCUT2D eigenvalue weighted by molar-refractivity contribution is -0.384. The van der Waals surface area contributed by atoms with Crippen LogP contribution >= 0.6 is 0 Å². The van der Waals surface area contributed by atoms with E-state index in [1.54, 1.807) is 6.07 Å². The molecule has 4 rings (SSSR count). The fraction of sp³-hybridized carbons (Fsp3) is 0.429. The van der Waals surface area contributed by atoms with Crippen LogP contribution in [0.3, 0.4) is 0 Å². The molecule has 2 aliphatic heterocycles. The number of benzene rings is 2. The van der Waals surface area contributed by atoms with Crippen molar-refractivity contribution in [1.29, 1.82) is 0 Å². The third-order valence-electron chi connectivity index (χ3n) is 5.59. The first-order chi connectivity index (χ1) is 13.2. The number of hydrogen-bond donors (Lipinski definition) is 0. The van der Waals surface area contributed by atoms with Crippen LogP contribution in [-0.4, -0.2) is 49.1 Å². The number of piperazine rings is 1. The summed E-state index contributed by atoms with van der Waals surface area (Å²) < 4.78 is 0. The predicted octanol–water partition coefficient (Wildman–Crippen LogP) is 3.52. The van der Waals surface area contributed by atoms with Crippen molar-refractivity contribution in [2.75, 3.05) is 49.1 Å². The van der Waals surface area contributed by atoms with Gasteiger partial charge in [0, 0.05) is 57.6 Å². The van der Waals surface area contributed by atoms with Gasteiger partial charge in [0.15, 0.2) is 0 Å². The van der Waals surface area contributed by atoms with E-state index in [0.717, 1.165) is 70.0 Å². The zero-order chi connectivity index (χ0) is 18.6. The lowest BCUT2D eigenvalue weighted by Crippen LogP contribution is -2.46. The summed E-state index contributed by atoms with van der Waals surface area (Å²) in [7, 11) is 0. The Morgan fingerprint density at radius 2 is 1.56 bits per heavy atom. The molecule has 0 amide bonds. The number of hydrogen-bond acceptors (Lipinski definition) is 5. The van der Waals surface area contributed by atoms with Crippen molar-refractivity contribution < 1.29 is 4.92 Å². The van der Waals surface area contributed by atoms with Gasteiger partial charge in [-0.25, -0.2) is 0 Å². The molecule has 6 heteroatoms. The highest BCUT2D eigenvalue weighted by atomic mass is 16.6. The van der Waals surface area contributed by atoms with Crippen molar-refractivity contribution in [3.63, 3.8) is 0 Å². The second-order valence-corrected chi connectivity index (χ2v) is 7.37. The first kappa shape index (κ1) is 17.8. The van der Waals surface area contributed by atoms with Crippen LogP contribution in [0.15, 0.2) is 48.5 Å². The van der Waals surface area contributed by atoms with Gasteiger partial charge in [-0.2, -0.15) is 0 Å². The Morgan fingerprint density at radius 1 is 0.852 bits per heavy atom. The van der Waals surface area contributed by atoms with E-state index in [2.05, 4.69) is 39.0 Å². The van der Waals surface area contributed by atoms with E-state index in [1.807, 2.05) is 18.2 Å². The minimum atomic E-state index is -0.255. The second-order valence-electron chi connectivity index (χ2n) is 7.37. The smallest absolute Gasteiger partial charge is 0.292 e. The van der Waals surface area contributed by atoms with Gasteiger partial charge in [0.25, 0.3) is 5.69 Å². The Kier molecular flexibility index (Phi) is 5.25. The molecule has 0 atom stereocenters. The van der Waals surface area contributed by atoms with Crippen LogP contribution in [0.5, 0.6) is 0 Å². The molecule has 2 heterocycles. The summed E-state index contributed by atoms with van der Waals surface area (Å²) in [6.45, 7) is 6.71. The monoisotopic (exact) mass is 366 g/mol. The van der Waals surface area contributed by atoms with Gasteiger partial charge >= 0.3 is 0 Å². The van der Waals surface area contributed by atoms with Crippen LogP contribution in [0.2, 0.25) is 0 Å². The molecule has 2 aliphatic rings. The molecule has 2 aromatic carbocycles. The minimum absolute atomic E-state index is 0.225. The minimum Gasteiger partial charge on any atom is -0.369 e. The summed E-state index contributed by atoms with van der Waals surface area (Å²) in [6.07, 6.45) is 2.22. The average molecular weight is 366 g/mol. The van der Waals surface area contributed by atoms with Gasteiger partial charge < -0.3 is 9.80 Å². The predicted molar refractivity (Wildman–Crippen MR) is 108 cm³/mol. The average Bonchev–Trinajstić information content (AvgIpc) is 3.24. The Labute approximate surface area is 160 Å². The van der Waals surface area contributed by atoms with Gasteiger partial charge in [-0.05, 0) is 30.5 Å². The maximum Gasteiger partial charge on any atom is 0.292 e. The van der Waals surface area contributed by atoms with E-state index in [0.29, 0.717) is 0 Å². The van der Waals surface area contributed by atoms with E-state index in [4.69, 9.17) is 0 Å². The maximum absolute atomic E-state index is 11.4. The summed E-state index contributed by atoms with van der Waals surface area (Å²) in [5.74, 6) is 0. The Hall–Kier alpha value is -2.60. The van der Waals surface area contributed by atoms with Crippen molar-refractivity contribution >= 4 is 17.1 Å². The molecule has 0 N–H and O–H groups in total. The highest BCUT2D eigenvalue weighted by molar-refractivity contribution is 5.70. The topological polar surface area (TPSA) is 52.9 Å². The van der Waals surface area contributed by atoms with Crippen molar-refractivity contribution in [2.24, 2.45) is 0 Å². The van der Waals surface area contributed by atoms with Crippen molar-refractivity contribution in [2.45, 2.75) is 19.4 Å². The molecule has 27 heavy (non-hydrogen) atoms. The van der Waals surface area contributed by atoms with Gasteiger partial charge in [0.2, 0.25) is 0 Å². The third-order valence-corrected chi connectivity index (χ3v) is 5.59. The molecule has 0 radical (unpaired) electrons. The van der Waals surface area contributed by atoms with Crippen molar-refractivity contribution in [1.82, 2.24) is 4.90 Å². The summed E-state index contributed by atoms with van der Waals surface area (Å²) in [5, 5.41) is 11.4. The lowest BCUT2D eigenvalue weighted by Gasteiger charge is -2.36. The van der Waals surface area contributed by atoms with Crippen LogP contribution < -0.4 is 9.80 Å². The first-order valence-electron chi connectivity index (χ1n) is 9.75. The van der Waals surface area contributed by atoms with E-state index in [9.17, 15) is 10.1 Å². The first-order valence-corrected chi connectivity index (χ1v) is 9.75. The normalized spacial score (nSPS) is 18.1. The molecule has 142 valence electrons. The van der Waals surface area contributed by atoms with Gasteiger partial charge in [0.05, 0.1) is 4.92 Å². The molecular weight excluding hydrogens is 340 g/mol. The zero-order valence-corrected chi connectivity index (χ0v) is 15.6. The fourth-order valence-corrected chi connectivity index (χ4v) is 4.08. The maximum atomic E-state index is 11.4. The third kappa shape index (κ3) is 4.06. The number of nitro groups is 1. The molecule has 6 nitrogen and oxygen atoms in total. The Balaban J connectivity index is 1.45. The zero-order valence-electron chi connectivity index (χ0n) is 15.6. The second kappa shape index (κ2) is 7.96. The SMILES string of the molecule is O=[N+]([O-])c1ccc(N2CCN(Cc3ccccc3)CC2)cc1N1CCCC1. The van der Waals surface area contributed by atoms with Crippen LogP contribution in [0.4, 0.5) is 17.1 Å². The summed E-state index contributed by atoms with van der Waals surface area (Å²) in [6, 6.07) is 16.2. The van der Waals surface area contributed by atoms with Gasteiger partial charge in [-0.3, -0.25) is 15.0 Å². The van der Waals surface area contributed by atoms with Gasteiger partial charge in [0.1, 0.15) is 5.69 Å². The highest BCUT2D eigenvalue weighted by Crippen LogP contribution is 2.34. The van der Waals surface area contributed by atoms with Gasteiger partial charge in [-0.15, -0.1) is 0 Å². The van der Waals surface area contributed by atoms with Crippen molar-refractivity contribution in [3.8, 4) is 0 Å². The summed E-state index contributed by atoms with van der Waals surface area (Å²) >= 11 is 0. The number of anilines is 2. The van der Waals surface area contributed by atoms with Crippen LogP contribution in [0.25, 0.3) is 0 Å². The highest BCUT2D eigenvalue weighted by Gasteiger charge is 2.25. The fourth-order valence-electron chi connectivity index (χ4n) is 4.08. The molecule has 2 aromatic rings. The molecular formula is C21H26N4O2. The molecule has 0 unspecified atom stereocenters. The Morgan fingerprint density at radius 3 is 2.22 bits per heavy atom. The van der Waals surface area contributed by atoms with Crippen LogP contribution in [0.1, 0.15) is 18.4 Å².